The molecule has 1 heterocycles. The normalized spacial score (nSPS) is 23.0. The van der Waals surface area contributed by atoms with Crippen molar-refractivity contribution in [1.82, 2.24) is 5.32 Å². The van der Waals surface area contributed by atoms with E-state index < -0.39 is 0 Å². The van der Waals surface area contributed by atoms with Gasteiger partial charge in [-0.25, -0.2) is 0 Å². The van der Waals surface area contributed by atoms with Crippen molar-refractivity contribution in [2.24, 2.45) is 11.7 Å². The van der Waals surface area contributed by atoms with Crippen LogP contribution < -0.4 is 11.1 Å². The maximum Gasteiger partial charge on any atom is 0.227 e. The summed E-state index contributed by atoms with van der Waals surface area (Å²) in [6.45, 7) is 1.34. The molecule has 1 saturated heterocycles. The number of aliphatic hydroxyl groups excluding tert-OH is 1. The van der Waals surface area contributed by atoms with Crippen LogP contribution >= 0.6 is 0 Å². The Kier molecular flexibility index (Phi) is 4.30. The minimum absolute atomic E-state index is 0.0287. The first-order valence-electron chi connectivity index (χ1n) is 6.00. The molecule has 0 aromatic heterocycles. The Hall–Kier alpha value is -1.43. The fraction of sp³-hybridized carbons (Fsp3) is 0.462. The van der Waals surface area contributed by atoms with E-state index in [4.69, 9.17) is 15.6 Å². The van der Waals surface area contributed by atoms with Gasteiger partial charge in [-0.15, -0.1) is 0 Å². The molecular formula is C13H18N2O3. The molecule has 0 radical (unpaired) electrons. The minimum Gasteiger partial charge on any atom is -0.392 e. The van der Waals surface area contributed by atoms with E-state index in [1.165, 1.54) is 0 Å². The lowest BCUT2D eigenvalue weighted by molar-refractivity contribution is -0.125. The Labute approximate surface area is 106 Å². The molecule has 0 aliphatic carbocycles. The van der Waals surface area contributed by atoms with E-state index in [0.717, 1.165) is 11.1 Å². The van der Waals surface area contributed by atoms with E-state index in [2.05, 4.69) is 5.32 Å². The van der Waals surface area contributed by atoms with Gasteiger partial charge in [0.1, 0.15) is 0 Å². The summed E-state index contributed by atoms with van der Waals surface area (Å²) < 4.78 is 5.16. The monoisotopic (exact) mass is 250 g/mol. The fourth-order valence-electron chi connectivity index (χ4n) is 1.92. The molecule has 1 amide bonds. The van der Waals surface area contributed by atoms with Crippen molar-refractivity contribution in [3.05, 3.63) is 35.4 Å². The minimum atomic E-state index is -0.248. The number of hydrogen-bond donors (Lipinski definition) is 3. The van der Waals surface area contributed by atoms with E-state index in [1.807, 2.05) is 24.3 Å². The first-order valence-corrected chi connectivity index (χ1v) is 6.00. The van der Waals surface area contributed by atoms with Crippen LogP contribution in [0, 0.1) is 5.92 Å². The molecular weight excluding hydrogens is 232 g/mol. The van der Waals surface area contributed by atoms with Crippen molar-refractivity contribution in [1.29, 1.82) is 0 Å². The van der Waals surface area contributed by atoms with Crippen LogP contribution in [0.2, 0.25) is 0 Å². The number of nitrogens with one attached hydrogen (secondary N) is 1. The van der Waals surface area contributed by atoms with Crippen LogP contribution in [0.1, 0.15) is 11.1 Å². The van der Waals surface area contributed by atoms with Gasteiger partial charge in [0.2, 0.25) is 5.91 Å². The number of nitrogens with two attached hydrogens (primary N) is 1. The number of carbonyl (C=O) groups excluding carboxylic acids is 1. The third kappa shape index (κ3) is 3.07. The van der Waals surface area contributed by atoms with E-state index in [9.17, 15) is 4.79 Å². The zero-order chi connectivity index (χ0) is 13.0. The highest BCUT2D eigenvalue weighted by atomic mass is 16.5. The molecule has 0 saturated carbocycles. The third-order valence-corrected chi connectivity index (χ3v) is 3.13. The fourth-order valence-corrected chi connectivity index (χ4v) is 1.92. The lowest BCUT2D eigenvalue weighted by atomic mass is 10.0. The molecule has 1 aromatic carbocycles. The number of aliphatic hydroxyl groups is 1. The summed E-state index contributed by atoms with van der Waals surface area (Å²) in [5.74, 6) is -0.312. The maximum absolute atomic E-state index is 11.8. The van der Waals surface area contributed by atoms with Gasteiger partial charge in [0.05, 0.1) is 25.7 Å². The predicted molar refractivity (Wildman–Crippen MR) is 66.5 cm³/mol. The summed E-state index contributed by atoms with van der Waals surface area (Å²) in [6.07, 6.45) is 0. The van der Waals surface area contributed by atoms with Crippen molar-refractivity contribution in [3.8, 4) is 0 Å². The number of benzene rings is 1. The largest absolute Gasteiger partial charge is 0.392 e. The van der Waals surface area contributed by atoms with Gasteiger partial charge >= 0.3 is 0 Å². The zero-order valence-electron chi connectivity index (χ0n) is 10.1. The smallest absolute Gasteiger partial charge is 0.227 e. The number of hydrogen-bond acceptors (Lipinski definition) is 4. The third-order valence-electron chi connectivity index (χ3n) is 3.13. The highest BCUT2D eigenvalue weighted by Crippen LogP contribution is 2.12. The highest BCUT2D eigenvalue weighted by molar-refractivity contribution is 5.79. The van der Waals surface area contributed by atoms with Gasteiger partial charge in [0.15, 0.2) is 0 Å². The topological polar surface area (TPSA) is 84.6 Å². The van der Waals surface area contributed by atoms with Crippen LogP contribution in [-0.2, 0) is 22.7 Å². The molecule has 1 aromatic rings. The lowest BCUT2D eigenvalue weighted by Crippen LogP contribution is -2.40. The van der Waals surface area contributed by atoms with Gasteiger partial charge in [0, 0.05) is 12.6 Å². The second kappa shape index (κ2) is 5.95. The van der Waals surface area contributed by atoms with Crippen molar-refractivity contribution in [2.45, 2.75) is 19.2 Å². The summed E-state index contributed by atoms with van der Waals surface area (Å²) in [7, 11) is 0. The Bertz CT molecular complexity index is 405. The molecule has 2 atom stereocenters. The molecule has 2 unspecified atom stereocenters. The van der Waals surface area contributed by atoms with E-state index in [1.54, 1.807) is 0 Å². The molecule has 5 nitrogen and oxygen atoms in total. The van der Waals surface area contributed by atoms with Gasteiger partial charge in [-0.2, -0.15) is 0 Å². The second-order valence-electron chi connectivity index (χ2n) is 4.50. The average molecular weight is 250 g/mol. The summed E-state index contributed by atoms with van der Waals surface area (Å²) in [6, 6.07) is 7.24. The van der Waals surface area contributed by atoms with Gasteiger partial charge in [-0.3, -0.25) is 4.79 Å². The number of rotatable bonds is 4. The molecule has 1 aliphatic heterocycles. The Balaban J connectivity index is 1.85. The quantitative estimate of drug-likeness (QED) is 0.689. The molecule has 98 valence electrons. The summed E-state index contributed by atoms with van der Waals surface area (Å²) in [5.41, 5.74) is 7.62. The summed E-state index contributed by atoms with van der Waals surface area (Å²) in [4.78, 5) is 11.8. The average Bonchev–Trinajstić information content (AvgIpc) is 2.83. The molecule has 2 rings (SSSR count). The van der Waals surface area contributed by atoms with Gasteiger partial charge in [0.25, 0.3) is 0 Å². The van der Waals surface area contributed by atoms with Crippen molar-refractivity contribution >= 4 is 5.91 Å². The van der Waals surface area contributed by atoms with Gasteiger partial charge < -0.3 is 20.9 Å². The molecule has 0 spiro atoms. The number of carbonyl (C=O) groups is 1. The van der Waals surface area contributed by atoms with Gasteiger partial charge in [-0.1, -0.05) is 24.3 Å². The van der Waals surface area contributed by atoms with Crippen LogP contribution in [0.3, 0.4) is 0 Å². The van der Waals surface area contributed by atoms with Crippen LogP contribution in [0.15, 0.2) is 24.3 Å². The Morgan fingerprint density at radius 2 is 2.00 bits per heavy atom. The predicted octanol–water partition coefficient (Wildman–Crippen LogP) is -0.231. The molecule has 18 heavy (non-hydrogen) atoms. The molecule has 4 N–H and O–H groups in total. The van der Waals surface area contributed by atoms with Crippen molar-refractivity contribution < 1.29 is 14.6 Å². The second-order valence-corrected chi connectivity index (χ2v) is 4.50. The standard InChI is InChI=1S/C13H18N2O3/c14-12-8-18-7-11(12)13(17)15-5-9-1-3-10(6-16)4-2-9/h1-4,11-12,16H,5-8,14H2,(H,15,17). The highest BCUT2D eigenvalue weighted by Gasteiger charge is 2.30. The maximum atomic E-state index is 11.8. The number of ether oxygens (including phenoxy) is 1. The van der Waals surface area contributed by atoms with E-state index in [0.29, 0.717) is 19.8 Å². The molecule has 5 heteroatoms. The van der Waals surface area contributed by atoms with E-state index in [-0.39, 0.29) is 24.5 Å². The van der Waals surface area contributed by atoms with Gasteiger partial charge in [-0.05, 0) is 11.1 Å². The summed E-state index contributed by atoms with van der Waals surface area (Å²) >= 11 is 0. The van der Waals surface area contributed by atoms with Crippen LogP contribution in [-0.4, -0.2) is 30.3 Å². The first kappa shape index (κ1) is 13.0. The van der Waals surface area contributed by atoms with Crippen LogP contribution in [0.4, 0.5) is 0 Å². The summed E-state index contributed by atoms with van der Waals surface area (Å²) in [5, 5.41) is 11.8. The van der Waals surface area contributed by atoms with Crippen molar-refractivity contribution in [2.75, 3.05) is 13.2 Å². The molecule has 0 bridgehead atoms. The van der Waals surface area contributed by atoms with E-state index >= 15 is 0 Å². The Morgan fingerprint density at radius 1 is 1.33 bits per heavy atom. The lowest BCUT2D eigenvalue weighted by Gasteiger charge is -2.13. The van der Waals surface area contributed by atoms with Crippen molar-refractivity contribution in [3.63, 3.8) is 0 Å². The SMILES string of the molecule is NC1COCC1C(=O)NCc1ccc(CO)cc1. The van der Waals surface area contributed by atoms with Crippen LogP contribution in [0.5, 0.6) is 0 Å². The molecule has 1 aliphatic rings. The molecule has 1 fully saturated rings. The first-order chi connectivity index (χ1) is 8.70. The van der Waals surface area contributed by atoms with Crippen LogP contribution in [0.25, 0.3) is 0 Å². The Morgan fingerprint density at radius 3 is 2.56 bits per heavy atom. The number of amides is 1. The zero-order valence-corrected chi connectivity index (χ0v) is 10.1.